The van der Waals surface area contributed by atoms with Gasteiger partial charge >= 0.3 is 175 Å². The molecule has 0 saturated heterocycles. The third-order valence-corrected chi connectivity index (χ3v) is 0. The summed E-state index contributed by atoms with van der Waals surface area (Å²) in [7, 11) is 0. The molecule has 22 valence electrons. The molecule has 0 aromatic carbocycles. The first-order chi connectivity index (χ1) is 0. The Morgan fingerprint density at radius 3 is 1.00 bits per heavy atom. The summed E-state index contributed by atoms with van der Waals surface area (Å²) in [5.74, 6) is 0. The molecule has 0 aliphatic rings. The van der Waals surface area contributed by atoms with E-state index in [9.17, 15) is 0 Å². The van der Waals surface area contributed by atoms with Crippen molar-refractivity contribution in [3.63, 3.8) is 0 Å². The van der Waals surface area contributed by atoms with Crippen LogP contribution in [-0.2, 0) is 0 Å². The van der Waals surface area contributed by atoms with Gasteiger partial charge in [0.1, 0.15) is 0 Å². The van der Waals surface area contributed by atoms with Crippen LogP contribution in [0.25, 0.3) is 0 Å². The van der Waals surface area contributed by atoms with Crippen molar-refractivity contribution in [1.82, 2.24) is 0 Å². The molecular formula is H11AlBaInKLiNa. The summed E-state index contributed by atoms with van der Waals surface area (Å²) in [5, 5.41) is 0. The number of hydrogen-bond acceptors (Lipinski definition) is 0. The van der Waals surface area contributed by atoms with E-state index >= 15 is 0 Å². The van der Waals surface area contributed by atoms with Gasteiger partial charge in [-0.15, -0.1) is 0 Å². The van der Waals surface area contributed by atoms with Gasteiger partial charge in [0.05, 0.1) is 0 Å². The molecule has 0 spiro atoms. The van der Waals surface area contributed by atoms with Crippen LogP contribution < -0.4 is 0 Å². The first-order valence-electron chi connectivity index (χ1n) is 0. The first kappa shape index (κ1) is 39.8. The maximum atomic E-state index is 0. The van der Waals surface area contributed by atoms with Crippen LogP contribution in [0.15, 0.2) is 0 Å². The van der Waals surface area contributed by atoms with E-state index in [2.05, 4.69) is 0 Å². The minimum atomic E-state index is 0. The summed E-state index contributed by atoms with van der Waals surface area (Å²) in [6.07, 6.45) is 0. The topological polar surface area (TPSA) is 0 Å². The van der Waals surface area contributed by atoms with Crippen LogP contribution >= 0.6 is 0 Å². The Hall–Kier alpha value is 6.21. The van der Waals surface area contributed by atoms with Crippen molar-refractivity contribution in [2.75, 3.05) is 0 Å². The predicted molar refractivity (Wildman–Crippen MR) is 49.9 cm³/mol. The molecule has 0 radical (unpaired) electrons. The van der Waals surface area contributed by atoms with Gasteiger partial charge in [0.2, 0.25) is 0 Å². The second-order valence-corrected chi connectivity index (χ2v) is 0. The van der Waals surface area contributed by atoms with Gasteiger partial charge in [0.25, 0.3) is 0 Å². The van der Waals surface area contributed by atoms with E-state index in [4.69, 9.17) is 0 Å². The third kappa shape index (κ3) is 22.5. The van der Waals surface area contributed by atoms with Crippen molar-refractivity contribution in [2.45, 2.75) is 0 Å². The van der Waals surface area contributed by atoms with Crippen molar-refractivity contribution in [1.29, 1.82) is 0 Å². The predicted octanol–water partition coefficient (Wildman–Crippen LogP) is -5.23. The van der Waals surface area contributed by atoms with Crippen molar-refractivity contribution < 1.29 is 0 Å². The fraction of sp³-hybridized carbons (Fsp3) is 0. The van der Waals surface area contributed by atoms with Crippen LogP contribution in [0.5, 0.6) is 0 Å². The van der Waals surface area contributed by atoms with E-state index < -0.39 is 0 Å². The molecule has 0 atom stereocenters. The average Bonchev–Trinajstić information content (AvgIpc) is 0. The van der Waals surface area contributed by atoms with Crippen LogP contribution in [0.2, 0.25) is 0 Å². The van der Waals surface area contributed by atoms with E-state index in [1.165, 1.54) is 0 Å². The molecule has 0 bridgehead atoms. The Balaban J connectivity index is 0. The Morgan fingerprint density at radius 1 is 1.00 bits per heavy atom. The van der Waals surface area contributed by atoms with Gasteiger partial charge in [-0.2, -0.15) is 0 Å². The fourth-order valence-corrected chi connectivity index (χ4v) is 0. The van der Waals surface area contributed by atoms with Crippen LogP contribution in [-0.4, -0.2) is 192 Å². The Kier molecular flexibility index (Phi) is 201. The molecule has 6 heavy (non-hydrogen) atoms. The molecule has 0 rings (SSSR count). The molecule has 0 fully saturated rings. The number of rotatable bonds is 0. The monoisotopic (exact) mass is 360 g/mol. The fourth-order valence-electron chi connectivity index (χ4n) is 0. The summed E-state index contributed by atoms with van der Waals surface area (Å²) in [6.45, 7) is 0. The van der Waals surface area contributed by atoms with Gasteiger partial charge in [-0.3, -0.25) is 0 Å². The van der Waals surface area contributed by atoms with Crippen LogP contribution in [0.4, 0.5) is 0 Å². The zero-order valence-corrected chi connectivity index (χ0v) is 0. The van der Waals surface area contributed by atoms with E-state index in [0.717, 1.165) is 0 Å². The van der Waals surface area contributed by atoms with E-state index in [0.29, 0.717) is 0 Å². The van der Waals surface area contributed by atoms with Gasteiger partial charge in [0, 0.05) is 0 Å². The van der Waals surface area contributed by atoms with Gasteiger partial charge in [-0.1, -0.05) is 0 Å². The Labute approximate surface area is 185 Å². The maximum absolute atomic E-state index is 0. The molecule has 0 aromatic rings. The summed E-state index contributed by atoms with van der Waals surface area (Å²) < 4.78 is 0. The molecule has 0 amide bonds. The second-order valence-electron chi connectivity index (χ2n) is 0. The zero-order chi connectivity index (χ0) is 0. The van der Waals surface area contributed by atoms with E-state index in [1.807, 2.05) is 0 Å². The van der Waals surface area contributed by atoms with E-state index in [-0.39, 0.29) is 192 Å². The summed E-state index contributed by atoms with van der Waals surface area (Å²) >= 11 is 0. The molecule has 0 aliphatic heterocycles. The Morgan fingerprint density at radius 2 is 1.00 bits per heavy atom. The van der Waals surface area contributed by atoms with Crippen LogP contribution in [0.1, 0.15) is 0 Å². The normalized spacial score (nSPS) is 0. The average molecular weight is 359 g/mol. The molecule has 0 aromatic heterocycles. The zero-order valence-electron chi connectivity index (χ0n) is 0. The van der Waals surface area contributed by atoms with Crippen molar-refractivity contribution in [3.05, 3.63) is 0 Å². The van der Waals surface area contributed by atoms with Gasteiger partial charge in [0.15, 0.2) is 17.4 Å². The molecule has 0 saturated carbocycles. The first-order valence-corrected chi connectivity index (χ1v) is 0. The van der Waals surface area contributed by atoms with Gasteiger partial charge < -0.3 is 0 Å². The van der Waals surface area contributed by atoms with Crippen LogP contribution in [0.3, 0.4) is 0 Å². The molecule has 0 heterocycles. The quantitative estimate of drug-likeness (QED) is 0.380. The number of hydrogen-bond donors (Lipinski definition) is 0. The summed E-state index contributed by atoms with van der Waals surface area (Å²) in [5.41, 5.74) is 0. The third-order valence-electron chi connectivity index (χ3n) is 0. The minimum absolute atomic E-state index is 0. The molecule has 0 nitrogen and oxygen atoms in total. The standard InChI is InChI=1S/Al.Ba.In.K.Li.Na.11H. The molecule has 6 heteroatoms. The van der Waals surface area contributed by atoms with Crippen LogP contribution in [0, 0.1) is 0 Å². The van der Waals surface area contributed by atoms with Gasteiger partial charge in [-0.25, -0.2) is 0 Å². The van der Waals surface area contributed by atoms with Crippen molar-refractivity contribution in [3.8, 4) is 0 Å². The molecule has 0 N–H and O–H groups in total. The summed E-state index contributed by atoms with van der Waals surface area (Å²) in [4.78, 5) is 0. The second kappa shape index (κ2) is 30.3. The molecule has 0 aliphatic carbocycles. The van der Waals surface area contributed by atoms with Gasteiger partial charge in [-0.05, 0) is 0 Å². The van der Waals surface area contributed by atoms with Crippen molar-refractivity contribution in [2.24, 2.45) is 0 Å². The van der Waals surface area contributed by atoms with E-state index in [1.54, 1.807) is 0 Å². The Bertz CT molecular complexity index is 15.5. The molecular weight excluding hydrogens is 348 g/mol. The molecule has 0 unspecified atom stereocenters. The SMILES string of the molecule is [AlH3].[BaH2].[InH3].[KH].[LiH].[NaH]. The van der Waals surface area contributed by atoms with Crippen molar-refractivity contribution >= 4 is 192 Å². The summed E-state index contributed by atoms with van der Waals surface area (Å²) in [6, 6.07) is 0.